The minimum atomic E-state index is -0.872. The zero-order chi connectivity index (χ0) is 15.2. The molecule has 0 aromatic heterocycles. The Morgan fingerprint density at radius 2 is 1.86 bits per heavy atom. The molecule has 0 heterocycles. The monoisotopic (exact) mass is 285 g/mol. The van der Waals surface area contributed by atoms with Crippen LogP contribution in [0.25, 0.3) is 10.8 Å². The molecule has 2 N–H and O–H groups in total. The molecule has 0 spiro atoms. The Morgan fingerprint density at radius 3 is 2.52 bits per heavy atom. The average molecular weight is 285 g/mol. The second-order valence-corrected chi connectivity index (χ2v) is 5.11. The van der Waals surface area contributed by atoms with Crippen LogP contribution in [-0.4, -0.2) is 23.5 Å². The van der Waals surface area contributed by atoms with Crippen LogP contribution in [0.1, 0.15) is 18.9 Å². The highest BCUT2D eigenvalue weighted by Crippen LogP contribution is 2.15. The van der Waals surface area contributed by atoms with E-state index in [9.17, 15) is 9.59 Å². The second kappa shape index (κ2) is 6.88. The third-order valence-corrected chi connectivity index (χ3v) is 3.57. The van der Waals surface area contributed by atoms with E-state index >= 15 is 0 Å². The van der Waals surface area contributed by atoms with E-state index < -0.39 is 11.9 Å². The maximum Gasteiger partial charge on any atom is 0.308 e. The first-order valence-electron chi connectivity index (χ1n) is 7.07. The molecule has 2 aromatic rings. The topological polar surface area (TPSA) is 66.4 Å². The van der Waals surface area contributed by atoms with Crippen LogP contribution in [0.3, 0.4) is 0 Å². The zero-order valence-corrected chi connectivity index (χ0v) is 12.0. The van der Waals surface area contributed by atoms with Crippen molar-refractivity contribution in [1.29, 1.82) is 0 Å². The minimum Gasteiger partial charge on any atom is -0.481 e. The molecule has 0 saturated heterocycles. The number of carbonyl (C=O) groups is 2. The molecule has 1 atom stereocenters. The molecule has 1 amide bonds. The van der Waals surface area contributed by atoms with E-state index in [1.807, 2.05) is 42.5 Å². The maximum absolute atomic E-state index is 11.9. The van der Waals surface area contributed by atoms with Gasteiger partial charge in [0.2, 0.25) is 5.91 Å². The molecular weight excluding hydrogens is 266 g/mol. The van der Waals surface area contributed by atoms with Crippen molar-refractivity contribution in [1.82, 2.24) is 5.32 Å². The fourth-order valence-corrected chi connectivity index (χ4v) is 2.24. The number of carboxylic acids is 1. The molecule has 0 aliphatic rings. The van der Waals surface area contributed by atoms with Gasteiger partial charge in [0.25, 0.3) is 0 Å². The first-order chi connectivity index (χ1) is 10.1. The first-order valence-corrected chi connectivity index (χ1v) is 7.07. The summed E-state index contributed by atoms with van der Waals surface area (Å²) in [5.41, 5.74) is 0.926. The van der Waals surface area contributed by atoms with Crippen LogP contribution in [0.2, 0.25) is 0 Å². The molecule has 0 aliphatic heterocycles. The van der Waals surface area contributed by atoms with Gasteiger partial charge in [-0.25, -0.2) is 0 Å². The van der Waals surface area contributed by atoms with Crippen LogP contribution in [0.4, 0.5) is 0 Å². The van der Waals surface area contributed by atoms with Gasteiger partial charge in [-0.3, -0.25) is 9.59 Å². The Balaban J connectivity index is 1.96. The Kier molecular flexibility index (Phi) is 4.93. The number of aliphatic carboxylic acids is 1. The van der Waals surface area contributed by atoms with Gasteiger partial charge in [-0.2, -0.15) is 0 Å². The summed E-state index contributed by atoms with van der Waals surface area (Å²) in [6, 6.07) is 13.9. The summed E-state index contributed by atoms with van der Waals surface area (Å²) < 4.78 is 0. The summed E-state index contributed by atoms with van der Waals surface area (Å²) in [5.74, 6) is -1.54. The molecule has 1 unspecified atom stereocenters. The van der Waals surface area contributed by atoms with Crippen molar-refractivity contribution in [3.8, 4) is 0 Å². The molecule has 21 heavy (non-hydrogen) atoms. The fourth-order valence-electron chi connectivity index (χ4n) is 2.24. The molecule has 2 aromatic carbocycles. The largest absolute Gasteiger partial charge is 0.481 e. The van der Waals surface area contributed by atoms with Crippen LogP contribution < -0.4 is 5.32 Å². The number of hydrogen-bond acceptors (Lipinski definition) is 2. The van der Waals surface area contributed by atoms with Gasteiger partial charge in [-0.1, -0.05) is 49.4 Å². The predicted octanol–water partition coefficient (Wildman–Crippen LogP) is 2.61. The van der Waals surface area contributed by atoms with E-state index in [1.165, 1.54) is 0 Å². The van der Waals surface area contributed by atoms with Gasteiger partial charge in [0.15, 0.2) is 0 Å². The van der Waals surface area contributed by atoms with E-state index in [1.54, 1.807) is 6.92 Å². The number of hydrogen-bond donors (Lipinski definition) is 2. The Bertz CT molecular complexity index is 651. The number of fused-ring (bicyclic) bond motifs is 1. The first kappa shape index (κ1) is 15.0. The van der Waals surface area contributed by atoms with Gasteiger partial charge in [0, 0.05) is 6.54 Å². The van der Waals surface area contributed by atoms with Crippen molar-refractivity contribution in [2.75, 3.05) is 6.54 Å². The van der Waals surface area contributed by atoms with Crippen molar-refractivity contribution >= 4 is 22.6 Å². The van der Waals surface area contributed by atoms with Gasteiger partial charge in [-0.15, -0.1) is 0 Å². The molecule has 0 aliphatic carbocycles. The Morgan fingerprint density at radius 1 is 1.14 bits per heavy atom. The number of carbonyl (C=O) groups excluding carboxylic acids is 1. The number of carboxylic acid groups (broad SMARTS) is 1. The van der Waals surface area contributed by atoms with Crippen LogP contribution in [-0.2, 0) is 16.0 Å². The summed E-state index contributed by atoms with van der Waals surface area (Å²) in [4.78, 5) is 22.8. The number of amides is 1. The maximum atomic E-state index is 11.9. The van der Waals surface area contributed by atoms with Crippen molar-refractivity contribution in [3.05, 3.63) is 48.0 Å². The lowest BCUT2D eigenvalue weighted by Crippen LogP contribution is -2.33. The molecule has 2 rings (SSSR count). The molecule has 0 saturated carbocycles. The summed E-state index contributed by atoms with van der Waals surface area (Å²) >= 11 is 0. The second-order valence-electron chi connectivity index (χ2n) is 5.11. The van der Waals surface area contributed by atoms with Gasteiger partial charge in [0.1, 0.15) is 0 Å². The van der Waals surface area contributed by atoms with Gasteiger partial charge in [-0.05, 0) is 22.8 Å². The highest BCUT2D eigenvalue weighted by Gasteiger charge is 2.15. The zero-order valence-electron chi connectivity index (χ0n) is 12.0. The highest BCUT2D eigenvalue weighted by atomic mass is 16.4. The molecule has 110 valence electrons. The molecule has 0 radical (unpaired) electrons. The number of benzene rings is 2. The van der Waals surface area contributed by atoms with E-state index in [0.717, 1.165) is 16.3 Å². The summed E-state index contributed by atoms with van der Waals surface area (Å²) in [6.07, 6.45) is 0.770. The molecule has 0 bridgehead atoms. The van der Waals surface area contributed by atoms with Crippen molar-refractivity contribution < 1.29 is 14.7 Å². The van der Waals surface area contributed by atoms with E-state index in [0.29, 0.717) is 6.42 Å². The Labute approximate surface area is 123 Å². The van der Waals surface area contributed by atoms with Gasteiger partial charge < -0.3 is 10.4 Å². The van der Waals surface area contributed by atoms with E-state index in [4.69, 9.17) is 5.11 Å². The lowest BCUT2D eigenvalue weighted by Gasteiger charge is -2.11. The van der Waals surface area contributed by atoms with Crippen LogP contribution in [0.15, 0.2) is 42.5 Å². The minimum absolute atomic E-state index is 0.148. The lowest BCUT2D eigenvalue weighted by molar-refractivity contribution is -0.141. The third-order valence-electron chi connectivity index (χ3n) is 3.57. The standard InChI is InChI=1S/C17H19NO3/c1-2-13(17(20)21)11-18-16(19)10-12-7-8-14-5-3-4-6-15(14)9-12/h3-9,13H,2,10-11H2,1H3,(H,18,19)(H,20,21). The third kappa shape index (κ3) is 4.05. The van der Waals surface area contributed by atoms with Gasteiger partial charge >= 0.3 is 5.97 Å². The van der Waals surface area contributed by atoms with E-state index in [-0.39, 0.29) is 18.9 Å². The predicted molar refractivity (Wildman–Crippen MR) is 82.1 cm³/mol. The van der Waals surface area contributed by atoms with Crippen LogP contribution in [0.5, 0.6) is 0 Å². The number of rotatable bonds is 6. The quantitative estimate of drug-likeness (QED) is 0.857. The van der Waals surface area contributed by atoms with Crippen molar-refractivity contribution in [2.24, 2.45) is 5.92 Å². The Hall–Kier alpha value is -2.36. The summed E-state index contributed by atoms with van der Waals surface area (Å²) in [5, 5.41) is 13.9. The van der Waals surface area contributed by atoms with Gasteiger partial charge in [0.05, 0.1) is 12.3 Å². The van der Waals surface area contributed by atoms with Crippen molar-refractivity contribution in [3.63, 3.8) is 0 Å². The molecule has 4 nitrogen and oxygen atoms in total. The molecular formula is C17H19NO3. The fraction of sp³-hybridized carbons (Fsp3) is 0.294. The normalized spacial score (nSPS) is 12.0. The van der Waals surface area contributed by atoms with Crippen molar-refractivity contribution in [2.45, 2.75) is 19.8 Å². The average Bonchev–Trinajstić information content (AvgIpc) is 2.47. The van der Waals surface area contributed by atoms with E-state index in [2.05, 4.69) is 5.32 Å². The summed E-state index contributed by atoms with van der Waals surface area (Å²) in [7, 11) is 0. The molecule has 4 heteroatoms. The lowest BCUT2D eigenvalue weighted by atomic mass is 10.0. The molecule has 0 fully saturated rings. The highest BCUT2D eigenvalue weighted by molar-refractivity contribution is 5.85. The summed E-state index contributed by atoms with van der Waals surface area (Å²) in [6.45, 7) is 1.98. The SMILES string of the molecule is CCC(CNC(=O)Cc1ccc2ccccc2c1)C(=O)O. The smallest absolute Gasteiger partial charge is 0.308 e. The van der Waals surface area contributed by atoms with Crippen LogP contribution >= 0.6 is 0 Å². The van der Waals surface area contributed by atoms with Crippen LogP contribution in [0, 0.1) is 5.92 Å². The number of nitrogens with one attached hydrogen (secondary N) is 1.